The standard InChI is InChI=1S/C17H16N2O6S/c1-10(26-15-6-4-3-5-12(15)17(21)22)16(20)18-13-8-7-11(25-2)9-14(13)19(23)24/h3-10H,1-2H3,(H,18,20)(H,21,22)/t10-/m1/s1. The summed E-state index contributed by atoms with van der Waals surface area (Å²) in [4.78, 5) is 34.6. The molecule has 1 atom stereocenters. The highest BCUT2D eigenvalue weighted by molar-refractivity contribution is 8.00. The number of nitrogens with one attached hydrogen (secondary N) is 1. The third-order valence-corrected chi connectivity index (χ3v) is 4.63. The maximum absolute atomic E-state index is 12.4. The maximum atomic E-state index is 12.4. The van der Waals surface area contributed by atoms with Crippen molar-refractivity contribution in [3.8, 4) is 5.75 Å². The predicted octanol–water partition coefficient (Wildman–Crippen LogP) is 3.42. The van der Waals surface area contributed by atoms with Crippen LogP contribution in [0.3, 0.4) is 0 Å². The van der Waals surface area contributed by atoms with E-state index >= 15 is 0 Å². The highest BCUT2D eigenvalue weighted by Crippen LogP contribution is 2.31. The second-order valence-corrected chi connectivity index (χ2v) is 6.57. The van der Waals surface area contributed by atoms with Gasteiger partial charge in [-0.3, -0.25) is 14.9 Å². The number of anilines is 1. The van der Waals surface area contributed by atoms with Crippen molar-refractivity contribution in [3.63, 3.8) is 0 Å². The number of nitro groups is 1. The van der Waals surface area contributed by atoms with Crippen molar-refractivity contribution < 1.29 is 24.4 Å². The molecule has 0 bridgehead atoms. The highest BCUT2D eigenvalue weighted by atomic mass is 32.2. The Labute approximate surface area is 153 Å². The molecule has 0 spiro atoms. The first-order chi connectivity index (χ1) is 12.3. The molecule has 2 aromatic carbocycles. The molecular formula is C17H16N2O6S. The molecule has 0 aromatic heterocycles. The van der Waals surface area contributed by atoms with Crippen LogP contribution >= 0.6 is 11.8 Å². The number of ether oxygens (including phenoxy) is 1. The summed E-state index contributed by atoms with van der Waals surface area (Å²) in [6.45, 7) is 1.59. The SMILES string of the molecule is COc1ccc(NC(=O)[C@@H](C)Sc2ccccc2C(=O)O)c([N+](=O)[O-])c1. The lowest BCUT2D eigenvalue weighted by molar-refractivity contribution is -0.384. The van der Waals surface area contributed by atoms with Crippen molar-refractivity contribution in [1.82, 2.24) is 0 Å². The topological polar surface area (TPSA) is 119 Å². The molecule has 0 aliphatic rings. The Bertz CT molecular complexity index is 855. The van der Waals surface area contributed by atoms with Gasteiger partial charge in [0.1, 0.15) is 11.4 Å². The third kappa shape index (κ3) is 4.51. The zero-order valence-corrected chi connectivity index (χ0v) is 14.8. The summed E-state index contributed by atoms with van der Waals surface area (Å²) in [5.74, 6) is -1.28. The fourth-order valence-corrected chi connectivity index (χ4v) is 3.11. The quantitative estimate of drug-likeness (QED) is 0.432. The Morgan fingerprint density at radius 1 is 1.27 bits per heavy atom. The summed E-state index contributed by atoms with van der Waals surface area (Å²) in [5, 5.41) is 22.2. The second kappa shape index (κ2) is 8.34. The number of aromatic carboxylic acids is 1. The van der Waals surface area contributed by atoms with Crippen LogP contribution in [-0.2, 0) is 4.79 Å². The third-order valence-electron chi connectivity index (χ3n) is 3.45. The van der Waals surface area contributed by atoms with Crippen LogP contribution in [0.15, 0.2) is 47.4 Å². The van der Waals surface area contributed by atoms with Gasteiger partial charge in [-0.1, -0.05) is 12.1 Å². The Morgan fingerprint density at radius 2 is 1.96 bits per heavy atom. The van der Waals surface area contributed by atoms with E-state index in [1.165, 1.54) is 31.4 Å². The number of carboxylic acids is 1. The van der Waals surface area contributed by atoms with Gasteiger partial charge in [-0.15, -0.1) is 11.8 Å². The molecule has 0 saturated heterocycles. The number of methoxy groups -OCH3 is 1. The summed E-state index contributed by atoms with van der Waals surface area (Å²) >= 11 is 1.06. The fourth-order valence-electron chi connectivity index (χ4n) is 2.12. The van der Waals surface area contributed by atoms with E-state index in [0.717, 1.165) is 11.8 Å². The monoisotopic (exact) mass is 376 g/mol. The van der Waals surface area contributed by atoms with Gasteiger partial charge in [0.05, 0.1) is 28.9 Å². The first-order valence-corrected chi connectivity index (χ1v) is 8.33. The minimum Gasteiger partial charge on any atom is -0.496 e. The normalized spacial score (nSPS) is 11.5. The van der Waals surface area contributed by atoms with Gasteiger partial charge in [0.2, 0.25) is 5.91 Å². The van der Waals surface area contributed by atoms with E-state index in [1.54, 1.807) is 25.1 Å². The average Bonchev–Trinajstić information content (AvgIpc) is 2.62. The van der Waals surface area contributed by atoms with Crippen LogP contribution in [0.1, 0.15) is 17.3 Å². The number of amides is 1. The number of hydrogen-bond donors (Lipinski definition) is 2. The van der Waals surface area contributed by atoms with Gasteiger partial charge in [0.15, 0.2) is 0 Å². The van der Waals surface area contributed by atoms with Gasteiger partial charge in [0.25, 0.3) is 5.69 Å². The Balaban J connectivity index is 2.18. The van der Waals surface area contributed by atoms with Crippen LogP contribution in [0.4, 0.5) is 11.4 Å². The maximum Gasteiger partial charge on any atom is 0.336 e. The summed E-state index contributed by atoms with van der Waals surface area (Å²) in [7, 11) is 1.38. The summed E-state index contributed by atoms with van der Waals surface area (Å²) in [6, 6.07) is 10.4. The Hall–Kier alpha value is -3.07. The van der Waals surface area contributed by atoms with Gasteiger partial charge >= 0.3 is 5.97 Å². The summed E-state index contributed by atoms with van der Waals surface area (Å²) in [5.41, 5.74) is -0.159. The fraction of sp³-hybridized carbons (Fsp3) is 0.176. The molecule has 0 unspecified atom stereocenters. The zero-order chi connectivity index (χ0) is 19.3. The lowest BCUT2D eigenvalue weighted by atomic mass is 10.2. The first kappa shape index (κ1) is 19.3. The van der Waals surface area contributed by atoms with E-state index in [-0.39, 0.29) is 16.9 Å². The Kier molecular flexibility index (Phi) is 6.18. The molecule has 26 heavy (non-hydrogen) atoms. The molecular weight excluding hydrogens is 360 g/mol. The van der Waals surface area contributed by atoms with E-state index in [2.05, 4.69) is 5.32 Å². The van der Waals surface area contributed by atoms with Crippen LogP contribution in [0.2, 0.25) is 0 Å². The zero-order valence-electron chi connectivity index (χ0n) is 14.0. The number of nitrogens with zero attached hydrogens (tertiary/aromatic N) is 1. The lowest BCUT2D eigenvalue weighted by Gasteiger charge is -2.14. The van der Waals surface area contributed by atoms with Gasteiger partial charge in [-0.05, 0) is 31.2 Å². The van der Waals surface area contributed by atoms with E-state index in [4.69, 9.17) is 4.74 Å². The van der Waals surface area contributed by atoms with Crippen LogP contribution < -0.4 is 10.1 Å². The number of nitro benzene ring substituents is 1. The van der Waals surface area contributed by atoms with Crippen LogP contribution in [-0.4, -0.2) is 34.3 Å². The van der Waals surface area contributed by atoms with Crippen molar-refractivity contribution in [2.45, 2.75) is 17.1 Å². The average molecular weight is 376 g/mol. The van der Waals surface area contributed by atoms with E-state index in [0.29, 0.717) is 10.6 Å². The number of carboxylic acid groups (broad SMARTS) is 1. The molecule has 2 N–H and O–H groups in total. The molecule has 2 rings (SSSR count). The molecule has 0 aliphatic carbocycles. The molecule has 0 heterocycles. The van der Waals surface area contributed by atoms with Crippen LogP contribution in [0, 0.1) is 10.1 Å². The molecule has 136 valence electrons. The minimum absolute atomic E-state index is 0.0415. The first-order valence-electron chi connectivity index (χ1n) is 7.45. The molecule has 0 aliphatic heterocycles. The molecule has 1 amide bonds. The van der Waals surface area contributed by atoms with Crippen molar-refractivity contribution >= 4 is 35.0 Å². The second-order valence-electron chi connectivity index (χ2n) is 5.19. The summed E-state index contributed by atoms with van der Waals surface area (Å²) < 4.78 is 4.95. The molecule has 0 radical (unpaired) electrons. The number of carbonyl (C=O) groups is 2. The van der Waals surface area contributed by atoms with Crippen molar-refractivity contribution in [2.24, 2.45) is 0 Å². The van der Waals surface area contributed by atoms with Crippen molar-refractivity contribution in [1.29, 1.82) is 0 Å². The van der Waals surface area contributed by atoms with E-state index in [1.807, 2.05) is 0 Å². The molecule has 0 fully saturated rings. The lowest BCUT2D eigenvalue weighted by Crippen LogP contribution is -2.23. The number of carbonyl (C=O) groups excluding carboxylic acids is 1. The minimum atomic E-state index is -1.09. The number of rotatable bonds is 7. The predicted molar refractivity (Wildman–Crippen MR) is 97.0 cm³/mol. The van der Waals surface area contributed by atoms with E-state index in [9.17, 15) is 24.8 Å². The van der Waals surface area contributed by atoms with Gasteiger partial charge in [0, 0.05) is 4.90 Å². The van der Waals surface area contributed by atoms with Gasteiger partial charge < -0.3 is 15.2 Å². The Morgan fingerprint density at radius 3 is 2.58 bits per heavy atom. The smallest absolute Gasteiger partial charge is 0.336 e. The molecule has 0 saturated carbocycles. The summed E-state index contributed by atoms with van der Waals surface area (Å²) in [6.07, 6.45) is 0. The van der Waals surface area contributed by atoms with Crippen LogP contribution in [0.5, 0.6) is 5.75 Å². The number of thioether (sulfide) groups is 1. The van der Waals surface area contributed by atoms with Gasteiger partial charge in [-0.2, -0.15) is 0 Å². The van der Waals surface area contributed by atoms with Gasteiger partial charge in [-0.25, -0.2) is 4.79 Å². The van der Waals surface area contributed by atoms with Crippen molar-refractivity contribution in [3.05, 3.63) is 58.1 Å². The van der Waals surface area contributed by atoms with Crippen LogP contribution in [0.25, 0.3) is 0 Å². The number of benzene rings is 2. The molecule has 9 heteroatoms. The van der Waals surface area contributed by atoms with Crippen molar-refractivity contribution in [2.75, 3.05) is 12.4 Å². The molecule has 8 nitrogen and oxygen atoms in total. The molecule has 2 aromatic rings. The largest absolute Gasteiger partial charge is 0.496 e. The van der Waals surface area contributed by atoms with E-state index < -0.39 is 22.0 Å². The highest BCUT2D eigenvalue weighted by Gasteiger charge is 2.22. The number of hydrogen-bond acceptors (Lipinski definition) is 6.